The molecule has 17 heavy (non-hydrogen) atoms. The Labute approximate surface area is 111 Å². The van der Waals surface area contributed by atoms with Crippen LogP contribution in [0.25, 0.3) is 10.9 Å². The molecule has 0 aliphatic carbocycles. The highest BCUT2D eigenvalue weighted by Gasteiger charge is 2.13. The van der Waals surface area contributed by atoms with Crippen LogP contribution < -0.4 is 4.74 Å². The molecule has 0 aliphatic heterocycles. The normalized spacial score (nSPS) is 11.2. The van der Waals surface area contributed by atoms with Gasteiger partial charge in [0.1, 0.15) is 10.9 Å². The van der Waals surface area contributed by atoms with Gasteiger partial charge in [0, 0.05) is 5.39 Å². The van der Waals surface area contributed by atoms with Crippen molar-refractivity contribution in [3.63, 3.8) is 0 Å². The lowest BCUT2D eigenvalue weighted by Gasteiger charge is -2.12. The highest BCUT2D eigenvalue weighted by atomic mass is 35.5. The lowest BCUT2D eigenvalue weighted by molar-refractivity contribution is 0.419. The molecule has 2 nitrogen and oxygen atoms in total. The number of hydrogen-bond acceptors (Lipinski definition) is 2. The number of fused-ring (bicyclic) bond motifs is 1. The van der Waals surface area contributed by atoms with Gasteiger partial charge in [-0.05, 0) is 29.7 Å². The van der Waals surface area contributed by atoms with Crippen LogP contribution in [0.5, 0.6) is 5.75 Å². The molecule has 4 heteroatoms. The van der Waals surface area contributed by atoms with Gasteiger partial charge in [0.15, 0.2) is 0 Å². The lowest BCUT2D eigenvalue weighted by Crippen LogP contribution is -1.95. The van der Waals surface area contributed by atoms with Crippen molar-refractivity contribution >= 4 is 34.1 Å². The molecule has 1 heterocycles. The summed E-state index contributed by atoms with van der Waals surface area (Å²) in [6, 6.07) is 5.60. The Hall–Kier alpha value is -0.990. The standard InChI is InChI=1S/C13H13Cl2NO/c1-7(2)8-6-9-11(17-3)5-4-10(14)12(9)16-13(8)15/h4-7H,1-3H3. The molecule has 0 atom stereocenters. The third-order valence-electron chi connectivity index (χ3n) is 2.72. The lowest BCUT2D eigenvalue weighted by atomic mass is 10.0. The van der Waals surface area contributed by atoms with Crippen molar-refractivity contribution in [1.29, 1.82) is 0 Å². The fraction of sp³-hybridized carbons (Fsp3) is 0.308. The number of rotatable bonds is 2. The summed E-state index contributed by atoms with van der Waals surface area (Å²) in [7, 11) is 1.63. The largest absolute Gasteiger partial charge is 0.496 e. The minimum atomic E-state index is 0.308. The van der Waals surface area contributed by atoms with E-state index in [1.807, 2.05) is 12.1 Å². The van der Waals surface area contributed by atoms with Crippen LogP contribution >= 0.6 is 23.2 Å². The molecule has 90 valence electrons. The van der Waals surface area contributed by atoms with Crippen molar-refractivity contribution in [3.05, 3.63) is 33.9 Å². The zero-order chi connectivity index (χ0) is 12.6. The molecular formula is C13H13Cl2NO. The number of hydrogen-bond donors (Lipinski definition) is 0. The molecule has 0 N–H and O–H groups in total. The molecule has 0 bridgehead atoms. The average Bonchev–Trinajstić information content (AvgIpc) is 2.29. The Morgan fingerprint density at radius 1 is 1.24 bits per heavy atom. The molecule has 0 spiro atoms. The maximum absolute atomic E-state index is 6.16. The molecule has 1 aromatic heterocycles. The Morgan fingerprint density at radius 3 is 2.53 bits per heavy atom. The van der Waals surface area contributed by atoms with Crippen molar-refractivity contribution in [2.45, 2.75) is 19.8 Å². The minimum Gasteiger partial charge on any atom is -0.496 e. The number of halogens is 2. The van der Waals surface area contributed by atoms with Crippen LogP contribution in [0, 0.1) is 0 Å². The smallest absolute Gasteiger partial charge is 0.133 e. The van der Waals surface area contributed by atoms with Crippen molar-refractivity contribution < 1.29 is 4.74 Å². The summed E-state index contributed by atoms with van der Waals surface area (Å²) in [4.78, 5) is 4.36. The van der Waals surface area contributed by atoms with Gasteiger partial charge in [-0.2, -0.15) is 0 Å². The number of aromatic nitrogens is 1. The molecule has 2 aromatic rings. The van der Waals surface area contributed by atoms with E-state index in [-0.39, 0.29) is 0 Å². The summed E-state index contributed by atoms with van der Waals surface area (Å²) in [6.45, 7) is 4.15. The van der Waals surface area contributed by atoms with Gasteiger partial charge in [0.2, 0.25) is 0 Å². The van der Waals surface area contributed by atoms with Gasteiger partial charge >= 0.3 is 0 Å². The first-order valence-corrected chi connectivity index (χ1v) is 6.12. The van der Waals surface area contributed by atoms with Crippen molar-refractivity contribution in [3.8, 4) is 5.75 Å². The molecular weight excluding hydrogens is 257 g/mol. The maximum atomic E-state index is 6.16. The zero-order valence-electron chi connectivity index (χ0n) is 9.92. The Kier molecular flexibility index (Phi) is 3.45. The summed E-state index contributed by atoms with van der Waals surface area (Å²) >= 11 is 12.3. The van der Waals surface area contributed by atoms with Crippen LogP contribution in [0.2, 0.25) is 10.2 Å². The number of nitrogens with zero attached hydrogens (tertiary/aromatic N) is 1. The van der Waals surface area contributed by atoms with Gasteiger partial charge in [0.05, 0.1) is 17.6 Å². The van der Waals surface area contributed by atoms with E-state index in [9.17, 15) is 0 Å². The van der Waals surface area contributed by atoms with Crippen LogP contribution in [0.15, 0.2) is 18.2 Å². The Bertz CT molecular complexity index is 567. The molecule has 0 fully saturated rings. The third kappa shape index (κ3) is 2.20. The number of ether oxygens (including phenoxy) is 1. The van der Waals surface area contributed by atoms with Crippen molar-refractivity contribution in [2.24, 2.45) is 0 Å². The van der Waals surface area contributed by atoms with E-state index in [2.05, 4.69) is 18.8 Å². The number of methoxy groups -OCH3 is 1. The van der Waals surface area contributed by atoms with Crippen LogP contribution in [0.3, 0.4) is 0 Å². The molecule has 0 amide bonds. The number of pyridine rings is 1. The molecule has 0 radical (unpaired) electrons. The van der Waals surface area contributed by atoms with Gasteiger partial charge in [0.25, 0.3) is 0 Å². The first-order valence-electron chi connectivity index (χ1n) is 5.37. The zero-order valence-corrected chi connectivity index (χ0v) is 11.4. The summed E-state index contributed by atoms with van der Waals surface area (Å²) < 4.78 is 5.32. The second kappa shape index (κ2) is 4.71. The van der Waals surface area contributed by atoms with Crippen LogP contribution in [0.4, 0.5) is 0 Å². The summed E-state index contributed by atoms with van der Waals surface area (Å²) in [5.41, 5.74) is 1.68. The van der Waals surface area contributed by atoms with E-state index in [0.717, 1.165) is 16.7 Å². The molecule has 1 aromatic carbocycles. The first kappa shape index (κ1) is 12.5. The van der Waals surface area contributed by atoms with E-state index in [1.165, 1.54) is 0 Å². The van der Waals surface area contributed by atoms with Gasteiger partial charge in [-0.1, -0.05) is 37.0 Å². The van der Waals surface area contributed by atoms with E-state index in [0.29, 0.717) is 21.6 Å². The molecule has 0 saturated heterocycles. The van der Waals surface area contributed by atoms with Crippen LogP contribution in [0.1, 0.15) is 25.3 Å². The predicted octanol–water partition coefficient (Wildman–Crippen LogP) is 4.67. The van der Waals surface area contributed by atoms with Crippen LogP contribution in [-0.2, 0) is 0 Å². The van der Waals surface area contributed by atoms with Gasteiger partial charge in [-0.3, -0.25) is 0 Å². The molecule has 0 saturated carbocycles. The second-order valence-electron chi connectivity index (χ2n) is 4.17. The van der Waals surface area contributed by atoms with Crippen molar-refractivity contribution in [1.82, 2.24) is 4.98 Å². The second-order valence-corrected chi connectivity index (χ2v) is 4.93. The quantitative estimate of drug-likeness (QED) is 0.739. The van der Waals surface area contributed by atoms with Gasteiger partial charge in [-0.15, -0.1) is 0 Å². The highest BCUT2D eigenvalue weighted by molar-refractivity contribution is 6.36. The fourth-order valence-electron chi connectivity index (χ4n) is 1.78. The first-order chi connectivity index (χ1) is 8.04. The van der Waals surface area contributed by atoms with E-state index >= 15 is 0 Å². The third-order valence-corrected chi connectivity index (χ3v) is 3.33. The van der Waals surface area contributed by atoms with Crippen molar-refractivity contribution in [2.75, 3.05) is 7.11 Å². The summed E-state index contributed by atoms with van der Waals surface area (Å²) in [6.07, 6.45) is 0. The highest BCUT2D eigenvalue weighted by Crippen LogP contribution is 2.34. The fourth-order valence-corrected chi connectivity index (χ4v) is 2.34. The SMILES string of the molecule is COc1ccc(Cl)c2nc(Cl)c(C(C)C)cc12. The molecule has 0 aliphatic rings. The molecule has 2 rings (SSSR count). The van der Waals surface area contributed by atoms with E-state index < -0.39 is 0 Å². The van der Waals surface area contributed by atoms with Crippen LogP contribution in [-0.4, -0.2) is 12.1 Å². The van der Waals surface area contributed by atoms with E-state index in [1.54, 1.807) is 13.2 Å². The predicted molar refractivity (Wildman–Crippen MR) is 72.4 cm³/mol. The summed E-state index contributed by atoms with van der Waals surface area (Å²) in [5, 5.41) is 1.98. The van der Waals surface area contributed by atoms with Gasteiger partial charge in [-0.25, -0.2) is 4.98 Å². The van der Waals surface area contributed by atoms with Gasteiger partial charge < -0.3 is 4.74 Å². The topological polar surface area (TPSA) is 22.1 Å². The minimum absolute atomic E-state index is 0.308. The Morgan fingerprint density at radius 2 is 1.94 bits per heavy atom. The monoisotopic (exact) mass is 269 g/mol. The molecule has 0 unspecified atom stereocenters. The maximum Gasteiger partial charge on any atom is 0.133 e. The number of benzene rings is 1. The average molecular weight is 270 g/mol. The Balaban J connectivity index is 2.82. The van der Waals surface area contributed by atoms with E-state index in [4.69, 9.17) is 27.9 Å². The summed E-state index contributed by atoms with van der Waals surface area (Å²) in [5.74, 6) is 1.07.